The van der Waals surface area contributed by atoms with Gasteiger partial charge in [0.2, 0.25) is 5.89 Å². The van der Waals surface area contributed by atoms with Crippen molar-refractivity contribution in [2.75, 3.05) is 0 Å². The van der Waals surface area contributed by atoms with E-state index in [1.54, 1.807) is 0 Å². The summed E-state index contributed by atoms with van der Waals surface area (Å²) in [7, 11) is 0. The van der Waals surface area contributed by atoms with Gasteiger partial charge >= 0.3 is 35.5 Å². The largest absolute Gasteiger partial charge is 1.00 e. The molecule has 0 aromatic carbocycles. The van der Waals surface area contributed by atoms with Gasteiger partial charge in [0.15, 0.2) is 0 Å². The van der Waals surface area contributed by atoms with Crippen molar-refractivity contribution in [3.63, 3.8) is 0 Å². The summed E-state index contributed by atoms with van der Waals surface area (Å²) >= 11 is 0. The van der Waals surface area contributed by atoms with Gasteiger partial charge in [-0.15, -0.1) is 0 Å². The minimum atomic E-state index is -1.17. The molecule has 6 heteroatoms. The van der Waals surface area contributed by atoms with E-state index in [1.165, 1.54) is 0 Å². The molecule has 0 saturated heterocycles. The third kappa shape index (κ3) is 3.10. The van der Waals surface area contributed by atoms with E-state index in [9.17, 15) is 4.79 Å². The molecule has 1 heterocycles. The maximum Gasteiger partial charge on any atom is 1.00 e. The molecule has 1 aromatic heterocycles. The second-order valence-electron chi connectivity index (χ2n) is 3.48. The number of carboxylic acids is 1. The van der Waals surface area contributed by atoms with Crippen LogP contribution in [0.1, 0.15) is 38.7 Å². The van der Waals surface area contributed by atoms with Gasteiger partial charge in [0, 0.05) is 5.41 Å². The predicted octanol–water partition coefficient (Wildman–Crippen LogP) is -1.82. The molecule has 0 aliphatic carbocycles. The molecule has 1 aromatic rings. The van der Waals surface area contributed by atoms with E-state index in [0.29, 0.717) is 5.89 Å². The third-order valence-electron chi connectivity index (χ3n) is 1.26. The van der Waals surface area contributed by atoms with Crippen LogP contribution < -0.4 is 29.6 Å². The number of aromatic nitrogens is 2. The van der Waals surface area contributed by atoms with Gasteiger partial charge in [-0.25, -0.2) is 4.79 Å². The third-order valence-corrected chi connectivity index (χ3v) is 1.26. The molecule has 5 nitrogen and oxygen atoms in total. The zero-order valence-corrected chi connectivity index (χ0v) is 10.2. The Morgan fingerprint density at radius 2 is 2.08 bits per heavy atom. The number of carboxylic acid groups (broad SMARTS) is 1. The summed E-state index contributed by atoms with van der Waals surface area (Å²) in [6.07, 6.45) is 0. The summed E-state index contributed by atoms with van der Waals surface area (Å²) < 4.78 is 4.75. The van der Waals surface area contributed by atoms with Crippen LogP contribution in [-0.2, 0) is 5.41 Å². The quantitative estimate of drug-likeness (QED) is 0.533. The summed E-state index contributed by atoms with van der Waals surface area (Å²) in [6, 6.07) is 0. The minimum Gasteiger partial charge on any atom is -1.00 e. The topological polar surface area (TPSA) is 76.2 Å². The van der Waals surface area contributed by atoms with E-state index in [1.807, 2.05) is 20.8 Å². The molecule has 0 spiro atoms. The van der Waals surface area contributed by atoms with Crippen LogP contribution in [0, 0.1) is 0 Å². The first-order valence-corrected chi connectivity index (χ1v) is 3.49. The van der Waals surface area contributed by atoms with Crippen LogP contribution in [0.5, 0.6) is 0 Å². The van der Waals surface area contributed by atoms with Crippen molar-refractivity contribution in [1.29, 1.82) is 0 Å². The monoisotopic (exact) mass is 194 g/mol. The van der Waals surface area contributed by atoms with E-state index in [-0.39, 0.29) is 42.2 Å². The van der Waals surface area contributed by atoms with Gasteiger partial charge < -0.3 is 11.1 Å². The molecular weight excluding hydrogens is 183 g/mol. The summed E-state index contributed by atoms with van der Waals surface area (Å²) in [5, 5.41) is 11.8. The van der Waals surface area contributed by atoms with E-state index in [2.05, 4.69) is 10.1 Å². The van der Waals surface area contributed by atoms with E-state index < -0.39 is 5.97 Å². The molecule has 0 bridgehead atoms. The number of aromatic carboxylic acids is 1. The molecule has 0 aliphatic heterocycles. The predicted molar refractivity (Wildman–Crippen MR) is 41.1 cm³/mol. The zero-order valence-electron chi connectivity index (χ0n) is 9.16. The number of carbonyl (C=O) groups is 1. The molecular formula is C7H11N2NaO3. The summed E-state index contributed by atoms with van der Waals surface area (Å²) in [6.45, 7) is 5.60. The van der Waals surface area contributed by atoms with Gasteiger partial charge in [-0.05, 0) is 5.16 Å². The van der Waals surface area contributed by atoms with Gasteiger partial charge in [0.1, 0.15) is 0 Å². The maximum atomic E-state index is 10.4. The summed E-state index contributed by atoms with van der Waals surface area (Å²) in [4.78, 5) is 14.1. The first kappa shape index (κ1) is 12.6. The van der Waals surface area contributed by atoms with Crippen molar-refractivity contribution >= 4 is 5.97 Å². The molecule has 0 atom stereocenters. The number of hydrogen-bond donors (Lipinski definition) is 1. The molecule has 0 aliphatic rings. The summed E-state index contributed by atoms with van der Waals surface area (Å²) in [5.41, 5.74) is -0.305. The Labute approximate surface area is 99.3 Å². The van der Waals surface area contributed by atoms with Crippen molar-refractivity contribution in [3.05, 3.63) is 11.7 Å². The molecule has 13 heavy (non-hydrogen) atoms. The van der Waals surface area contributed by atoms with E-state index in [0.717, 1.165) is 0 Å². The molecule has 1 N–H and O–H groups in total. The average molecular weight is 194 g/mol. The fourth-order valence-electron chi connectivity index (χ4n) is 0.615. The fourth-order valence-corrected chi connectivity index (χ4v) is 0.615. The van der Waals surface area contributed by atoms with Crippen molar-refractivity contribution in [2.45, 2.75) is 26.2 Å². The Hall–Kier alpha value is -0.390. The summed E-state index contributed by atoms with van der Waals surface area (Å²) in [5.74, 6) is -1.13. The van der Waals surface area contributed by atoms with E-state index in [4.69, 9.17) is 9.63 Å². The smallest absolute Gasteiger partial charge is 1.00 e. The van der Waals surface area contributed by atoms with Gasteiger partial charge in [-0.3, -0.25) is 0 Å². The van der Waals surface area contributed by atoms with Crippen LogP contribution in [0.25, 0.3) is 0 Å². The Kier molecular flexibility index (Phi) is 4.09. The normalized spacial score (nSPS) is 10.7. The van der Waals surface area contributed by atoms with Crippen molar-refractivity contribution in [1.82, 2.24) is 10.1 Å². The van der Waals surface area contributed by atoms with Crippen LogP contribution in [0.3, 0.4) is 0 Å². The molecule has 0 fully saturated rings. The standard InChI is InChI=1S/C7H10N2O3.Na.H/c1-7(2,3)6-8-4(5(10)11)9-12-6;;/h1-3H3,(H,10,11);;/q;+1;-1. The van der Waals surface area contributed by atoms with Gasteiger partial charge in [-0.2, -0.15) is 4.98 Å². The minimum absolute atomic E-state index is 0. The van der Waals surface area contributed by atoms with Crippen molar-refractivity contribution < 1.29 is 45.4 Å². The Morgan fingerprint density at radius 3 is 2.31 bits per heavy atom. The Balaban J connectivity index is 0. The van der Waals surface area contributed by atoms with Gasteiger partial charge in [-0.1, -0.05) is 20.8 Å². The van der Waals surface area contributed by atoms with Crippen LogP contribution in [0.4, 0.5) is 0 Å². The number of nitrogens with zero attached hydrogens (tertiary/aromatic N) is 2. The van der Waals surface area contributed by atoms with Crippen molar-refractivity contribution in [3.8, 4) is 0 Å². The average Bonchev–Trinajstić information content (AvgIpc) is 2.30. The molecule has 1 rings (SSSR count). The number of rotatable bonds is 1. The SMILES string of the molecule is CC(C)(C)c1nc(C(=O)O)no1.[H-].[Na+]. The Bertz CT molecular complexity index is 308. The van der Waals surface area contributed by atoms with Gasteiger partial charge in [0.25, 0.3) is 5.82 Å². The molecule has 68 valence electrons. The first-order valence-electron chi connectivity index (χ1n) is 3.49. The second kappa shape index (κ2) is 4.21. The van der Waals surface area contributed by atoms with Crippen LogP contribution >= 0.6 is 0 Å². The van der Waals surface area contributed by atoms with Crippen LogP contribution in [0.15, 0.2) is 4.52 Å². The maximum absolute atomic E-state index is 10.4. The number of hydrogen-bond acceptors (Lipinski definition) is 4. The zero-order chi connectivity index (χ0) is 9.35. The molecule has 0 unspecified atom stereocenters. The molecule has 0 radical (unpaired) electrons. The molecule has 0 amide bonds. The first-order chi connectivity index (χ1) is 5.41. The van der Waals surface area contributed by atoms with Crippen LogP contribution in [-0.4, -0.2) is 21.2 Å². The fraction of sp³-hybridized carbons (Fsp3) is 0.571. The van der Waals surface area contributed by atoms with Gasteiger partial charge in [0.05, 0.1) is 0 Å². The second-order valence-corrected chi connectivity index (χ2v) is 3.48. The Morgan fingerprint density at radius 1 is 1.54 bits per heavy atom. The molecule has 0 saturated carbocycles. The van der Waals surface area contributed by atoms with E-state index >= 15 is 0 Å². The van der Waals surface area contributed by atoms with Crippen LogP contribution in [0.2, 0.25) is 0 Å². The van der Waals surface area contributed by atoms with Crippen molar-refractivity contribution in [2.24, 2.45) is 0 Å².